The fourth-order valence-corrected chi connectivity index (χ4v) is 1.94. The van der Waals surface area contributed by atoms with E-state index in [2.05, 4.69) is 6.07 Å². The van der Waals surface area contributed by atoms with Gasteiger partial charge in [-0.1, -0.05) is 26.0 Å². The molecule has 0 aliphatic rings. The highest BCUT2D eigenvalue weighted by Gasteiger charge is 2.06. The Hall–Kier alpha value is -2.54. The van der Waals surface area contributed by atoms with Gasteiger partial charge in [-0.25, -0.2) is 0 Å². The minimum absolute atomic E-state index is 0.152. The van der Waals surface area contributed by atoms with E-state index in [1.807, 2.05) is 26.0 Å². The highest BCUT2D eigenvalue weighted by Crippen LogP contribution is 2.08. The first-order chi connectivity index (χ1) is 10.1. The lowest BCUT2D eigenvalue weighted by molar-refractivity contribution is 0.266. The lowest BCUT2D eigenvalue weighted by Crippen LogP contribution is -2.22. The molecule has 1 heterocycles. The van der Waals surface area contributed by atoms with E-state index in [0.29, 0.717) is 30.4 Å². The Morgan fingerprint density at radius 1 is 1.29 bits per heavy atom. The molecule has 0 saturated carbocycles. The Kier molecular flexibility index (Phi) is 4.78. The zero-order chi connectivity index (χ0) is 15.2. The number of ether oxygens (including phenoxy) is 1. The summed E-state index contributed by atoms with van der Waals surface area (Å²) in [7, 11) is 0. The lowest BCUT2D eigenvalue weighted by atomic mass is 10.1. The average molecular weight is 282 g/mol. The molecule has 0 unspecified atom stereocenters. The molecule has 0 bridgehead atoms. The molecule has 0 N–H and O–H groups in total. The molecule has 0 spiro atoms. The number of nitriles is 1. The number of rotatable bonds is 5. The van der Waals surface area contributed by atoms with Crippen LogP contribution in [0.2, 0.25) is 0 Å². The molecule has 0 aliphatic carbocycles. The molecular formula is C17H18N2O2. The van der Waals surface area contributed by atoms with Crippen molar-refractivity contribution >= 4 is 0 Å². The molecular weight excluding hydrogens is 264 g/mol. The van der Waals surface area contributed by atoms with Crippen molar-refractivity contribution in [2.75, 3.05) is 6.61 Å². The number of hydrogen-bond acceptors (Lipinski definition) is 3. The van der Waals surface area contributed by atoms with Crippen molar-refractivity contribution in [1.82, 2.24) is 4.57 Å². The van der Waals surface area contributed by atoms with E-state index in [4.69, 9.17) is 10.00 Å². The van der Waals surface area contributed by atoms with Gasteiger partial charge in [-0.05, 0) is 35.7 Å². The fraction of sp³-hybridized carbons (Fsp3) is 0.294. The highest BCUT2D eigenvalue weighted by atomic mass is 16.5. The van der Waals surface area contributed by atoms with Crippen molar-refractivity contribution in [2.45, 2.75) is 20.4 Å². The van der Waals surface area contributed by atoms with Gasteiger partial charge >= 0.3 is 0 Å². The molecule has 1 aromatic heterocycles. The van der Waals surface area contributed by atoms with E-state index in [1.54, 1.807) is 35.0 Å². The van der Waals surface area contributed by atoms with Crippen LogP contribution >= 0.6 is 0 Å². The molecule has 1 aromatic carbocycles. The van der Waals surface area contributed by atoms with Crippen molar-refractivity contribution in [3.63, 3.8) is 0 Å². The Balaban J connectivity index is 2.22. The van der Waals surface area contributed by atoms with Crippen molar-refractivity contribution in [3.05, 3.63) is 64.1 Å². The van der Waals surface area contributed by atoms with Gasteiger partial charge in [0.2, 0.25) is 0 Å². The first kappa shape index (κ1) is 14.9. The summed E-state index contributed by atoms with van der Waals surface area (Å²) in [6, 6.07) is 12.8. The van der Waals surface area contributed by atoms with E-state index >= 15 is 0 Å². The molecule has 2 aromatic rings. The van der Waals surface area contributed by atoms with Crippen LogP contribution in [-0.4, -0.2) is 11.2 Å². The van der Waals surface area contributed by atoms with Crippen LogP contribution in [0.5, 0.6) is 5.75 Å². The molecule has 2 rings (SSSR count). The molecule has 0 fully saturated rings. The van der Waals surface area contributed by atoms with Gasteiger partial charge < -0.3 is 9.30 Å². The molecule has 108 valence electrons. The summed E-state index contributed by atoms with van der Waals surface area (Å²) in [5, 5.41) is 8.91. The Bertz CT molecular complexity index is 711. The third-order valence-electron chi connectivity index (χ3n) is 2.97. The summed E-state index contributed by atoms with van der Waals surface area (Å²) in [6.45, 7) is 5.01. The lowest BCUT2D eigenvalue weighted by Gasteiger charge is -2.11. The van der Waals surface area contributed by atoms with E-state index in [-0.39, 0.29) is 5.56 Å². The molecule has 21 heavy (non-hydrogen) atoms. The van der Waals surface area contributed by atoms with Crippen LogP contribution in [0.4, 0.5) is 0 Å². The first-order valence-electron chi connectivity index (χ1n) is 6.91. The van der Waals surface area contributed by atoms with Gasteiger partial charge in [-0.3, -0.25) is 4.79 Å². The van der Waals surface area contributed by atoms with Gasteiger partial charge in [0.05, 0.1) is 24.8 Å². The van der Waals surface area contributed by atoms with Crippen LogP contribution in [-0.2, 0) is 6.54 Å². The maximum absolute atomic E-state index is 12.3. The predicted molar refractivity (Wildman–Crippen MR) is 81.3 cm³/mol. The zero-order valence-electron chi connectivity index (χ0n) is 12.2. The van der Waals surface area contributed by atoms with Crippen LogP contribution < -0.4 is 10.3 Å². The summed E-state index contributed by atoms with van der Waals surface area (Å²) in [4.78, 5) is 12.3. The normalized spacial score (nSPS) is 10.4. The van der Waals surface area contributed by atoms with Gasteiger partial charge in [-0.15, -0.1) is 0 Å². The third-order valence-corrected chi connectivity index (χ3v) is 2.97. The van der Waals surface area contributed by atoms with E-state index in [0.717, 1.165) is 5.56 Å². The van der Waals surface area contributed by atoms with Crippen molar-refractivity contribution in [1.29, 1.82) is 5.26 Å². The number of benzene rings is 1. The third kappa shape index (κ3) is 3.96. The largest absolute Gasteiger partial charge is 0.488 e. The number of nitrogens with zero attached hydrogens (tertiary/aromatic N) is 2. The summed E-state index contributed by atoms with van der Waals surface area (Å²) < 4.78 is 7.13. The van der Waals surface area contributed by atoms with Crippen LogP contribution in [0.3, 0.4) is 0 Å². The van der Waals surface area contributed by atoms with Gasteiger partial charge in [0.1, 0.15) is 0 Å². The standard InChI is InChI=1S/C17H18N2O2/c1-13(2)12-21-16-7-4-8-19(17(16)20)11-15-6-3-5-14(9-15)10-18/h3-9,13H,11-12H2,1-2H3. The Morgan fingerprint density at radius 2 is 2.10 bits per heavy atom. The summed E-state index contributed by atoms with van der Waals surface area (Å²) in [5.41, 5.74) is 1.35. The smallest absolute Gasteiger partial charge is 0.293 e. The quantitative estimate of drug-likeness (QED) is 0.847. The van der Waals surface area contributed by atoms with Crippen LogP contribution in [0.1, 0.15) is 25.0 Å². The second kappa shape index (κ2) is 6.76. The molecule has 0 saturated heterocycles. The van der Waals surface area contributed by atoms with E-state index < -0.39 is 0 Å². The van der Waals surface area contributed by atoms with Gasteiger partial charge in [-0.2, -0.15) is 5.26 Å². The monoisotopic (exact) mass is 282 g/mol. The average Bonchev–Trinajstić information content (AvgIpc) is 2.48. The van der Waals surface area contributed by atoms with E-state index in [1.165, 1.54) is 0 Å². The number of aromatic nitrogens is 1. The Labute approximate surface area is 124 Å². The minimum Gasteiger partial charge on any atom is -0.488 e. The Morgan fingerprint density at radius 3 is 2.81 bits per heavy atom. The molecule has 4 nitrogen and oxygen atoms in total. The second-order valence-electron chi connectivity index (χ2n) is 5.32. The van der Waals surface area contributed by atoms with Gasteiger partial charge in [0.15, 0.2) is 5.75 Å². The maximum atomic E-state index is 12.3. The number of hydrogen-bond donors (Lipinski definition) is 0. The van der Waals surface area contributed by atoms with Crippen molar-refractivity contribution in [3.8, 4) is 11.8 Å². The molecule has 0 atom stereocenters. The first-order valence-corrected chi connectivity index (χ1v) is 6.91. The zero-order valence-corrected chi connectivity index (χ0v) is 12.2. The van der Waals surface area contributed by atoms with Crippen LogP contribution in [0.15, 0.2) is 47.4 Å². The van der Waals surface area contributed by atoms with Crippen LogP contribution in [0, 0.1) is 17.2 Å². The van der Waals surface area contributed by atoms with Crippen molar-refractivity contribution in [2.24, 2.45) is 5.92 Å². The van der Waals surface area contributed by atoms with E-state index in [9.17, 15) is 4.79 Å². The van der Waals surface area contributed by atoms with Crippen molar-refractivity contribution < 1.29 is 4.74 Å². The predicted octanol–water partition coefficient (Wildman–Crippen LogP) is 2.80. The van der Waals surface area contributed by atoms with Gasteiger partial charge in [0.25, 0.3) is 5.56 Å². The van der Waals surface area contributed by atoms with Crippen LogP contribution in [0.25, 0.3) is 0 Å². The fourth-order valence-electron chi connectivity index (χ4n) is 1.94. The summed E-state index contributed by atoms with van der Waals surface area (Å²) in [5.74, 6) is 0.730. The second-order valence-corrected chi connectivity index (χ2v) is 5.32. The maximum Gasteiger partial charge on any atom is 0.293 e. The highest BCUT2D eigenvalue weighted by molar-refractivity contribution is 5.33. The number of pyridine rings is 1. The summed E-state index contributed by atoms with van der Waals surface area (Å²) >= 11 is 0. The molecule has 0 aliphatic heterocycles. The summed E-state index contributed by atoms with van der Waals surface area (Å²) in [6.07, 6.45) is 1.73. The molecule has 0 amide bonds. The van der Waals surface area contributed by atoms with Gasteiger partial charge in [0, 0.05) is 6.20 Å². The molecule has 0 radical (unpaired) electrons. The topological polar surface area (TPSA) is 55.0 Å². The molecule has 4 heteroatoms. The minimum atomic E-state index is -0.152. The SMILES string of the molecule is CC(C)COc1cccn(Cc2cccc(C#N)c2)c1=O.